The lowest BCUT2D eigenvalue weighted by molar-refractivity contribution is 0.663. The summed E-state index contributed by atoms with van der Waals surface area (Å²) in [7, 11) is 0. The van der Waals surface area contributed by atoms with Gasteiger partial charge in [-0.05, 0) is 85.6 Å². The summed E-state index contributed by atoms with van der Waals surface area (Å²) in [5, 5.41) is 11.3. The summed E-state index contributed by atoms with van der Waals surface area (Å²) >= 11 is 0. The lowest BCUT2D eigenvalue weighted by Gasteiger charge is -2.10. The summed E-state index contributed by atoms with van der Waals surface area (Å²) in [6.07, 6.45) is 0. The van der Waals surface area contributed by atoms with Gasteiger partial charge in [-0.1, -0.05) is 133 Å². The smallest absolute Gasteiger partial charge is 0.147 e. The minimum atomic E-state index is 0.858. The molecule has 0 aliphatic heterocycles. The second-order valence-corrected chi connectivity index (χ2v) is 12.4. The summed E-state index contributed by atoms with van der Waals surface area (Å²) in [5.74, 6) is 0. The molecule has 8 aromatic carbocycles. The molecule has 0 saturated heterocycles. The molecule has 0 saturated carbocycles. The van der Waals surface area contributed by atoms with Crippen molar-refractivity contribution in [3.8, 4) is 22.3 Å². The fourth-order valence-electron chi connectivity index (χ4n) is 7.41. The van der Waals surface area contributed by atoms with Crippen molar-refractivity contribution in [2.45, 2.75) is 0 Å². The maximum atomic E-state index is 6.66. The highest BCUT2D eigenvalue weighted by Gasteiger charge is 2.17. The van der Waals surface area contributed by atoms with Crippen LogP contribution in [-0.4, -0.2) is 0 Å². The van der Waals surface area contributed by atoms with Gasteiger partial charge in [0.15, 0.2) is 0 Å². The van der Waals surface area contributed by atoms with Crippen LogP contribution < -0.4 is 0 Å². The van der Waals surface area contributed by atoms with E-state index in [0.29, 0.717) is 0 Å². The number of furan rings is 2. The van der Waals surface area contributed by atoms with Crippen LogP contribution in [0.3, 0.4) is 0 Å². The third-order valence-electron chi connectivity index (χ3n) is 9.70. The molecule has 0 spiro atoms. The van der Waals surface area contributed by atoms with Crippen LogP contribution in [0.1, 0.15) is 0 Å². The first kappa shape index (κ1) is 26.8. The van der Waals surface area contributed by atoms with E-state index >= 15 is 0 Å². The van der Waals surface area contributed by atoms with Crippen molar-refractivity contribution in [2.24, 2.45) is 0 Å². The maximum Gasteiger partial charge on any atom is 0.147 e. The molecule has 224 valence electrons. The number of rotatable bonds is 2. The zero-order chi connectivity index (χ0) is 31.6. The van der Waals surface area contributed by atoms with E-state index in [9.17, 15) is 0 Å². The average Bonchev–Trinajstić information content (AvgIpc) is 3.71. The van der Waals surface area contributed by atoms with Crippen LogP contribution in [0, 0.1) is 0 Å². The van der Waals surface area contributed by atoms with Crippen LogP contribution in [0.15, 0.2) is 179 Å². The first-order chi connectivity index (χ1) is 23.8. The second-order valence-electron chi connectivity index (χ2n) is 12.4. The molecule has 0 N–H and O–H groups in total. The minimum Gasteiger partial charge on any atom is -0.455 e. The van der Waals surface area contributed by atoms with Gasteiger partial charge in [-0.3, -0.25) is 0 Å². The van der Waals surface area contributed by atoms with Crippen LogP contribution in [0.2, 0.25) is 0 Å². The second kappa shape index (κ2) is 10.6. The Morgan fingerprint density at radius 2 is 0.812 bits per heavy atom. The zero-order valence-electron chi connectivity index (χ0n) is 26.0. The van der Waals surface area contributed by atoms with Crippen molar-refractivity contribution < 1.29 is 8.83 Å². The molecule has 0 aliphatic rings. The molecule has 10 aromatic rings. The monoisotopic (exact) mass is 612 g/mol. The van der Waals surface area contributed by atoms with Gasteiger partial charge in [-0.25, -0.2) is 0 Å². The Bertz CT molecular complexity index is 2960. The van der Waals surface area contributed by atoms with Crippen LogP contribution in [0.25, 0.3) is 98.4 Å². The van der Waals surface area contributed by atoms with Crippen molar-refractivity contribution in [1.29, 1.82) is 0 Å². The van der Waals surface area contributed by atoms with E-state index in [1.807, 2.05) is 12.1 Å². The van der Waals surface area contributed by atoms with Crippen molar-refractivity contribution >= 4 is 76.2 Å². The van der Waals surface area contributed by atoms with Crippen LogP contribution in [0.5, 0.6) is 0 Å². The molecule has 0 radical (unpaired) electrons. The molecule has 0 bridgehead atoms. The Morgan fingerprint density at radius 1 is 0.292 bits per heavy atom. The van der Waals surface area contributed by atoms with Gasteiger partial charge < -0.3 is 8.83 Å². The molecule has 2 nitrogen and oxygen atoms in total. The Labute approximate surface area is 276 Å². The average molecular weight is 613 g/mol. The van der Waals surface area contributed by atoms with E-state index in [-0.39, 0.29) is 0 Å². The summed E-state index contributed by atoms with van der Waals surface area (Å²) in [6, 6.07) is 60.4. The first-order valence-electron chi connectivity index (χ1n) is 16.3. The Hall–Kier alpha value is -6.38. The summed E-state index contributed by atoms with van der Waals surface area (Å²) in [6.45, 7) is 0. The van der Waals surface area contributed by atoms with E-state index in [0.717, 1.165) is 65.8 Å². The van der Waals surface area contributed by atoms with Crippen LogP contribution >= 0.6 is 0 Å². The van der Waals surface area contributed by atoms with E-state index < -0.39 is 0 Å². The van der Waals surface area contributed by atoms with Crippen molar-refractivity contribution in [1.82, 2.24) is 0 Å². The minimum absolute atomic E-state index is 0.858. The van der Waals surface area contributed by atoms with Crippen molar-refractivity contribution in [3.63, 3.8) is 0 Å². The quantitative estimate of drug-likeness (QED) is 0.194. The zero-order valence-corrected chi connectivity index (χ0v) is 26.0. The predicted molar refractivity (Wildman–Crippen MR) is 202 cm³/mol. The molecule has 0 atom stereocenters. The van der Waals surface area contributed by atoms with Gasteiger partial charge in [0, 0.05) is 21.5 Å². The van der Waals surface area contributed by atoms with E-state index in [4.69, 9.17) is 8.83 Å². The Balaban J connectivity index is 1.23. The highest BCUT2D eigenvalue weighted by molar-refractivity contribution is 6.25. The molecule has 10 rings (SSSR count). The molecular formula is C46H28O2. The number of hydrogen-bond acceptors (Lipinski definition) is 2. The lowest BCUT2D eigenvalue weighted by atomic mass is 9.94. The standard InChI is InChI=1S/C46H28O2/c1-2-4-14-35(37-16-8-7-15-36(37)34(13-3-1)32-20-19-29-11-5-6-12-31(29)27-32)33-23-26-43-41(28-33)40-25-22-30-21-24-39-38-17-9-10-18-42(38)47-45(39)44(30)46(40)48-43/h1-28H. The third kappa shape index (κ3) is 4.13. The molecule has 0 amide bonds. The molecule has 0 unspecified atom stereocenters. The van der Waals surface area contributed by atoms with Gasteiger partial charge in [-0.2, -0.15) is 0 Å². The maximum absolute atomic E-state index is 6.66. The highest BCUT2D eigenvalue weighted by Crippen LogP contribution is 2.42. The van der Waals surface area contributed by atoms with E-state index in [2.05, 4.69) is 158 Å². The fraction of sp³-hybridized carbons (Fsp3) is 0. The van der Waals surface area contributed by atoms with Gasteiger partial charge in [0.25, 0.3) is 0 Å². The Morgan fingerprint density at radius 3 is 1.54 bits per heavy atom. The summed E-state index contributed by atoms with van der Waals surface area (Å²) in [5.41, 5.74) is 8.13. The lowest BCUT2D eigenvalue weighted by Crippen LogP contribution is -1.84. The van der Waals surface area contributed by atoms with Gasteiger partial charge in [-0.15, -0.1) is 0 Å². The predicted octanol–water partition coefficient (Wildman–Crippen LogP) is 13.4. The van der Waals surface area contributed by atoms with Crippen molar-refractivity contribution in [3.05, 3.63) is 170 Å². The molecule has 48 heavy (non-hydrogen) atoms. The molecule has 0 fully saturated rings. The molecule has 2 heterocycles. The summed E-state index contributed by atoms with van der Waals surface area (Å²) < 4.78 is 13.1. The number of fused-ring (bicyclic) bond motifs is 11. The topological polar surface area (TPSA) is 26.3 Å². The highest BCUT2D eigenvalue weighted by atomic mass is 16.3. The number of benzene rings is 7. The number of para-hydroxylation sites is 1. The van der Waals surface area contributed by atoms with E-state index in [1.54, 1.807) is 0 Å². The van der Waals surface area contributed by atoms with Gasteiger partial charge in [0.05, 0.1) is 5.39 Å². The largest absolute Gasteiger partial charge is 0.455 e. The molecule has 0 aliphatic carbocycles. The molecular weight excluding hydrogens is 585 g/mol. The van der Waals surface area contributed by atoms with E-state index in [1.165, 1.54) is 32.7 Å². The van der Waals surface area contributed by atoms with Crippen molar-refractivity contribution in [2.75, 3.05) is 0 Å². The first-order valence-corrected chi connectivity index (χ1v) is 16.3. The fourth-order valence-corrected chi connectivity index (χ4v) is 7.41. The normalized spacial score (nSPS) is 11.8. The van der Waals surface area contributed by atoms with Gasteiger partial charge >= 0.3 is 0 Å². The van der Waals surface area contributed by atoms with Crippen LogP contribution in [0.4, 0.5) is 0 Å². The molecule has 2 heteroatoms. The van der Waals surface area contributed by atoms with Crippen LogP contribution in [-0.2, 0) is 0 Å². The van der Waals surface area contributed by atoms with Gasteiger partial charge in [0.1, 0.15) is 22.3 Å². The number of hydrogen-bond donors (Lipinski definition) is 0. The molecule has 2 aromatic heterocycles. The SMILES string of the molecule is c1cccc(-c2ccc3oc4c(ccc5ccc6c7ccccc7oc6c54)c3c2)c2ccccc2c(-c2ccc3ccccc3c2)cc1. The Kier molecular flexibility index (Phi) is 5.91. The van der Waals surface area contributed by atoms with Gasteiger partial charge in [0.2, 0.25) is 0 Å². The summed E-state index contributed by atoms with van der Waals surface area (Å²) in [4.78, 5) is 0. The third-order valence-corrected chi connectivity index (χ3v) is 9.70.